The van der Waals surface area contributed by atoms with E-state index in [9.17, 15) is 9.59 Å². The van der Waals surface area contributed by atoms with Crippen molar-refractivity contribution < 1.29 is 9.59 Å². The highest BCUT2D eigenvalue weighted by Crippen LogP contribution is 2.38. The lowest BCUT2D eigenvalue weighted by Crippen LogP contribution is -2.29. The number of anilines is 2. The van der Waals surface area contributed by atoms with Crippen LogP contribution in [0.25, 0.3) is 0 Å². The lowest BCUT2D eigenvalue weighted by molar-refractivity contribution is -0.116. The summed E-state index contributed by atoms with van der Waals surface area (Å²) in [5.41, 5.74) is 3.39. The van der Waals surface area contributed by atoms with Crippen LogP contribution >= 0.6 is 0 Å². The van der Waals surface area contributed by atoms with Crippen molar-refractivity contribution in [1.82, 2.24) is 15.3 Å². The van der Waals surface area contributed by atoms with Gasteiger partial charge in [0.15, 0.2) is 0 Å². The smallest absolute Gasteiger partial charge is 0.321 e. The van der Waals surface area contributed by atoms with Crippen molar-refractivity contribution in [3.8, 4) is 0 Å². The van der Waals surface area contributed by atoms with Gasteiger partial charge in [0, 0.05) is 48.9 Å². The number of carbonyl (C=O) groups excluding carboxylic acids is 2. The predicted octanol–water partition coefficient (Wildman–Crippen LogP) is 2.60. The van der Waals surface area contributed by atoms with Crippen LogP contribution in [0.15, 0.2) is 30.5 Å². The number of fused-ring (bicyclic) bond motifs is 1. The van der Waals surface area contributed by atoms with Crippen LogP contribution in [0.3, 0.4) is 0 Å². The maximum atomic E-state index is 12.3. The van der Waals surface area contributed by atoms with E-state index in [2.05, 4.69) is 20.6 Å². The molecule has 0 bridgehead atoms. The number of carbonyl (C=O) groups is 2. The molecule has 7 heteroatoms. The molecule has 1 atom stereocenters. The molecule has 26 heavy (non-hydrogen) atoms. The Kier molecular flexibility index (Phi) is 4.06. The van der Waals surface area contributed by atoms with E-state index in [1.165, 1.54) is 0 Å². The van der Waals surface area contributed by atoms with Gasteiger partial charge in [-0.2, -0.15) is 0 Å². The SMILES string of the molecule is CC(C)c1nccc(C2CC(=O)Nc3cc(N4CCNC4=O)ccc32)n1. The molecule has 1 aromatic heterocycles. The third-order valence-corrected chi connectivity index (χ3v) is 4.81. The molecule has 0 radical (unpaired) electrons. The lowest BCUT2D eigenvalue weighted by atomic mass is 9.87. The van der Waals surface area contributed by atoms with Gasteiger partial charge in [-0.1, -0.05) is 19.9 Å². The second kappa shape index (κ2) is 6.40. The van der Waals surface area contributed by atoms with E-state index in [0.29, 0.717) is 19.5 Å². The molecule has 134 valence electrons. The minimum Gasteiger partial charge on any atom is -0.336 e. The maximum Gasteiger partial charge on any atom is 0.321 e. The van der Waals surface area contributed by atoms with Crippen molar-refractivity contribution in [3.63, 3.8) is 0 Å². The van der Waals surface area contributed by atoms with E-state index in [-0.39, 0.29) is 23.8 Å². The number of nitrogens with zero attached hydrogens (tertiary/aromatic N) is 3. The highest BCUT2D eigenvalue weighted by Gasteiger charge is 2.29. The third-order valence-electron chi connectivity index (χ3n) is 4.81. The summed E-state index contributed by atoms with van der Waals surface area (Å²) in [6.07, 6.45) is 2.11. The summed E-state index contributed by atoms with van der Waals surface area (Å²) in [7, 11) is 0. The first-order valence-electron chi connectivity index (χ1n) is 8.85. The van der Waals surface area contributed by atoms with Gasteiger partial charge in [-0.25, -0.2) is 14.8 Å². The van der Waals surface area contributed by atoms with Crippen molar-refractivity contribution >= 4 is 23.3 Å². The second-order valence-corrected chi connectivity index (χ2v) is 6.95. The highest BCUT2D eigenvalue weighted by atomic mass is 16.2. The van der Waals surface area contributed by atoms with E-state index in [0.717, 1.165) is 28.5 Å². The first kappa shape index (κ1) is 16.5. The standard InChI is InChI=1S/C19H21N5O2/c1-11(2)18-20-6-5-15(23-18)14-10-17(25)22-16-9-12(3-4-13(14)16)24-8-7-21-19(24)26/h3-6,9,11,14H,7-8,10H2,1-2H3,(H,21,26)(H,22,25). The Labute approximate surface area is 151 Å². The molecule has 3 amide bonds. The molecule has 2 aromatic rings. The monoisotopic (exact) mass is 351 g/mol. The van der Waals surface area contributed by atoms with Crippen LogP contribution in [0, 0.1) is 0 Å². The minimum atomic E-state index is -0.110. The minimum absolute atomic E-state index is 0.0461. The zero-order valence-corrected chi connectivity index (χ0v) is 14.8. The Hall–Kier alpha value is -2.96. The topological polar surface area (TPSA) is 87.2 Å². The van der Waals surface area contributed by atoms with Crippen molar-refractivity contribution in [1.29, 1.82) is 0 Å². The van der Waals surface area contributed by atoms with Gasteiger partial charge in [0.05, 0.1) is 5.69 Å². The normalized spacial score (nSPS) is 19.3. The number of hydrogen-bond donors (Lipinski definition) is 2. The van der Waals surface area contributed by atoms with Crippen LogP contribution in [0.5, 0.6) is 0 Å². The van der Waals surface area contributed by atoms with E-state index >= 15 is 0 Å². The molecular weight excluding hydrogens is 330 g/mol. The zero-order chi connectivity index (χ0) is 18.3. The van der Waals surface area contributed by atoms with Crippen LogP contribution in [-0.4, -0.2) is 35.0 Å². The van der Waals surface area contributed by atoms with Crippen molar-refractivity contribution in [3.05, 3.63) is 47.5 Å². The number of benzene rings is 1. The Bertz CT molecular complexity index is 880. The fraction of sp³-hybridized carbons (Fsp3) is 0.368. The van der Waals surface area contributed by atoms with Gasteiger partial charge in [0.2, 0.25) is 5.91 Å². The molecule has 2 aliphatic heterocycles. The van der Waals surface area contributed by atoms with E-state index in [1.807, 2.05) is 38.1 Å². The molecule has 0 spiro atoms. The molecule has 1 aromatic carbocycles. The fourth-order valence-electron chi connectivity index (χ4n) is 3.46. The van der Waals surface area contributed by atoms with Gasteiger partial charge in [-0.15, -0.1) is 0 Å². The van der Waals surface area contributed by atoms with Gasteiger partial charge in [-0.3, -0.25) is 9.69 Å². The second-order valence-electron chi connectivity index (χ2n) is 6.95. The largest absolute Gasteiger partial charge is 0.336 e. The van der Waals surface area contributed by atoms with Gasteiger partial charge < -0.3 is 10.6 Å². The third kappa shape index (κ3) is 2.89. The molecule has 1 unspecified atom stereocenters. The van der Waals surface area contributed by atoms with Crippen LogP contribution in [0.4, 0.5) is 16.2 Å². The Morgan fingerprint density at radius 3 is 2.81 bits per heavy atom. The summed E-state index contributed by atoms with van der Waals surface area (Å²) in [4.78, 5) is 34.9. The van der Waals surface area contributed by atoms with Crippen LogP contribution in [-0.2, 0) is 4.79 Å². The molecule has 4 rings (SSSR count). The number of rotatable bonds is 3. The molecule has 1 fully saturated rings. The van der Waals surface area contributed by atoms with E-state index in [1.54, 1.807) is 11.1 Å². The summed E-state index contributed by atoms with van der Waals surface area (Å²) < 4.78 is 0. The summed E-state index contributed by atoms with van der Waals surface area (Å²) >= 11 is 0. The molecule has 2 aliphatic rings. The first-order valence-corrected chi connectivity index (χ1v) is 8.85. The number of amides is 3. The molecule has 1 saturated heterocycles. The average Bonchev–Trinajstić information content (AvgIpc) is 3.06. The van der Waals surface area contributed by atoms with Gasteiger partial charge >= 0.3 is 6.03 Å². The Morgan fingerprint density at radius 1 is 1.23 bits per heavy atom. The first-order chi connectivity index (χ1) is 12.5. The molecule has 0 saturated carbocycles. The average molecular weight is 351 g/mol. The number of hydrogen-bond acceptors (Lipinski definition) is 4. The van der Waals surface area contributed by atoms with E-state index < -0.39 is 0 Å². The summed E-state index contributed by atoms with van der Waals surface area (Å²) in [6.45, 7) is 5.35. The number of urea groups is 1. The van der Waals surface area contributed by atoms with Gasteiger partial charge in [0.25, 0.3) is 0 Å². The van der Waals surface area contributed by atoms with Crippen molar-refractivity contribution in [2.45, 2.75) is 32.1 Å². The highest BCUT2D eigenvalue weighted by molar-refractivity contribution is 5.98. The molecule has 7 nitrogen and oxygen atoms in total. The fourth-order valence-corrected chi connectivity index (χ4v) is 3.46. The summed E-state index contributed by atoms with van der Waals surface area (Å²) in [5, 5.41) is 5.73. The van der Waals surface area contributed by atoms with Gasteiger partial charge in [-0.05, 0) is 23.8 Å². The van der Waals surface area contributed by atoms with Crippen molar-refractivity contribution in [2.75, 3.05) is 23.3 Å². The maximum absolute atomic E-state index is 12.3. The number of aromatic nitrogens is 2. The van der Waals surface area contributed by atoms with Crippen LogP contribution in [0.1, 0.15) is 49.2 Å². The Morgan fingerprint density at radius 2 is 2.08 bits per heavy atom. The predicted molar refractivity (Wildman–Crippen MR) is 98.4 cm³/mol. The summed E-state index contributed by atoms with van der Waals surface area (Å²) in [5.74, 6) is 0.846. The van der Waals surface area contributed by atoms with Crippen LogP contribution in [0.2, 0.25) is 0 Å². The molecule has 2 N–H and O–H groups in total. The molecule has 3 heterocycles. The summed E-state index contributed by atoms with van der Waals surface area (Å²) in [6, 6.07) is 7.55. The number of nitrogens with one attached hydrogen (secondary N) is 2. The van der Waals surface area contributed by atoms with E-state index in [4.69, 9.17) is 0 Å². The lowest BCUT2D eigenvalue weighted by Gasteiger charge is -2.27. The quantitative estimate of drug-likeness (QED) is 0.890. The van der Waals surface area contributed by atoms with Crippen LogP contribution < -0.4 is 15.5 Å². The Balaban J connectivity index is 1.73. The van der Waals surface area contributed by atoms with Gasteiger partial charge in [0.1, 0.15) is 5.82 Å². The van der Waals surface area contributed by atoms with Crippen molar-refractivity contribution in [2.24, 2.45) is 0 Å². The molecule has 0 aliphatic carbocycles. The zero-order valence-electron chi connectivity index (χ0n) is 14.8. The molecular formula is C19H21N5O2.